The van der Waals surface area contributed by atoms with Gasteiger partial charge in [-0.1, -0.05) is 38.3 Å². The van der Waals surface area contributed by atoms with Crippen LogP contribution in [0.15, 0.2) is 18.2 Å². The van der Waals surface area contributed by atoms with Gasteiger partial charge in [-0.15, -0.1) is 0 Å². The van der Waals surface area contributed by atoms with Crippen LogP contribution in [0.2, 0.25) is 0 Å². The molecular weight excluding hydrogens is 252 g/mol. The van der Waals surface area contributed by atoms with Gasteiger partial charge in [-0.25, -0.2) is 0 Å². The SMILES string of the molecule is CCC1CCCCC1n1c(=S)[nH]c2cccc(C)c21. The van der Waals surface area contributed by atoms with Crippen molar-refractivity contribution in [3.8, 4) is 0 Å². The number of fused-ring (bicyclic) bond motifs is 1. The summed E-state index contributed by atoms with van der Waals surface area (Å²) < 4.78 is 3.31. The summed E-state index contributed by atoms with van der Waals surface area (Å²) in [7, 11) is 0. The number of rotatable bonds is 2. The zero-order chi connectivity index (χ0) is 13.4. The van der Waals surface area contributed by atoms with E-state index in [9.17, 15) is 0 Å². The molecule has 1 fully saturated rings. The normalized spacial score (nSPS) is 23.9. The van der Waals surface area contributed by atoms with Crippen LogP contribution >= 0.6 is 12.2 Å². The lowest BCUT2D eigenvalue weighted by atomic mass is 9.82. The highest BCUT2D eigenvalue weighted by Gasteiger charge is 2.27. The summed E-state index contributed by atoms with van der Waals surface area (Å²) in [5, 5.41) is 0. The molecule has 1 aromatic carbocycles. The molecule has 1 aliphatic rings. The minimum atomic E-state index is 0.584. The van der Waals surface area contributed by atoms with Crippen LogP contribution in [0, 0.1) is 17.6 Å². The molecule has 1 heterocycles. The van der Waals surface area contributed by atoms with E-state index in [1.165, 1.54) is 48.7 Å². The number of nitrogens with one attached hydrogen (secondary N) is 1. The van der Waals surface area contributed by atoms with Gasteiger partial charge in [-0.3, -0.25) is 0 Å². The number of hydrogen-bond donors (Lipinski definition) is 1. The Morgan fingerprint density at radius 1 is 1.32 bits per heavy atom. The Morgan fingerprint density at radius 3 is 2.89 bits per heavy atom. The van der Waals surface area contributed by atoms with E-state index in [0.29, 0.717) is 6.04 Å². The molecule has 2 aromatic rings. The van der Waals surface area contributed by atoms with Crippen molar-refractivity contribution in [2.45, 2.75) is 52.0 Å². The second-order valence-corrected chi connectivity index (χ2v) is 6.18. The molecule has 1 saturated carbocycles. The number of imidazole rings is 1. The van der Waals surface area contributed by atoms with E-state index in [1.54, 1.807) is 0 Å². The van der Waals surface area contributed by atoms with Crippen molar-refractivity contribution in [1.29, 1.82) is 0 Å². The minimum Gasteiger partial charge on any atom is -0.331 e. The maximum absolute atomic E-state index is 5.60. The lowest BCUT2D eigenvalue weighted by Gasteiger charge is -2.32. The molecule has 3 heteroatoms. The third-order valence-electron chi connectivity index (χ3n) is 4.66. The second-order valence-electron chi connectivity index (χ2n) is 5.79. The summed E-state index contributed by atoms with van der Waals surface area (Å²) >= 11 is 5.60. The number of benzene rings is 1. The van der Waals surface area contributed by atoms with Gasteiger partial charge < -0.3 is 9.55 Å². The Kier molecular flexibility index (Phi) is 3.48. The van der Waals surface area contributed by atoms with Crippen LogP contribution in [0.1, 0.15) is 50.6 Å². The third-order valence-corrected chi connectivity index (χ3v) is 4.96. The summed E-state index contributed by atoms with van der Waals surface area (Å²) in [4.78, 5) is 3.39. The largest absolute Gasteiger partial charge is 0.331 e. The van der Waals surface area contributed by atoms with Crippen molar-refractivity contribution >= 4 is 23.3 Å². The first kappa shape index (κ1) is 12.9. The van der Waals surface area contributed by atoms with Crippen molar-refractivity contribution in [1.82, 2.24) is 9.55 Å². The molecule has 0 aliphatic heterocycles. The van der Waals surface area contributed by atoms with Gasteiger partial charge in [0.05, 0.1) is 11.0 Å². The van der Waals surface area contributed by atoms with Crippen LogP contribution in [0.4, 0.5) is 0 Å². The van der Waals surface area contributed by atoms with Gasteiger partial charge in [-0.05, 0) is 49.5 Å². The van der Waals surface area contributed by atoms with Gasteiger partial charge >= 0.3 is 0 Å². The quantitative estimate of drug-likeness (QED) is 0.751. The Labute approximate surface area is 119 Å². The molecule has 102 valence electrons. The minimum absolute atomic E-state index is 0.584. The van der Waals surface area contributed by atoms with Crippen molar-refractivity contribution in [3.05, 3.63) is 28.5 Å². The van der Waals surface area contributed by atoms with Crippen molar-refractivity contribution in [2.24, 2.45) is 5.92 Å². The number of para-hydroxylation sites is 1. The van der Waals surface area contributed by atoms with Gasteiger partial charge in [0.15, 0.2) is 4.77 Å². The standard InChI is InChI=1S/C16H22N2S/c1-3-12-8-4-5-10-14(12)18-15-11(2)7-6-9-13(15)17-16(18)19/h6-7,9,12,14H,3-5,8,10H2,1-2H3,(H,17,19). The number of aromatic nitrogens is 2. The first-order valence-corrected chi connectivity index (χ1v) is 7.83. The van der Waals surface area contributed by atoms with Crippen LogP contribution in [0.3, 0.4) is 0 Å². The molecule has 19 heavy (non-hydrogen) atoms. The smallest absolute Gasteiger partial charge is 0.178 e. The summed E-state index contributed by atoms with van der Waals surface area (Å²) in [5.41, 5.74) is 3.83. The molecule has 0 bridgehead atoms. The fourth-order valence-corrected chi connectivity index (χ4v) is 4.01. The topological polar surface area (TPSA) is 20.7 Å². The van der Waals surface area contributed by atoms with E-state index in [2.05, 4.69) is 41.6 Å². The van der Waals surface area contributed by atoms with E-state index in [1.807, 2.05) is 0 Å². The fourth-order valence-electron chi connectivity index (χ4n) is 3.68. The monoisotopic (exact) mass is 274 g/mol. The Hall–Kier alpha value is -1.09. The van der Waals surface area contributed by atoms with Crippen molar-refractivity contribution in [2.75, 3.05) is 0 Å². The number of nitrogens with zero attached hydrogens (tertiary/aromatic N) is 1. The van der Waals surface area contributed by atoms with Gasteiger partial charge in [0.2, 0.25) is 0 Å². The van der Waals surface area contributed by atoms with Crippen LogP contribution in [0.25, 0.3) is 11.0 Å². The van der Waals surface area contributed by atoms with E-state index in [-0.39, 0.29) is 0 Å². The molecule has 2 nitrogen and oxygen atoms in total. The Bertz CT molecular complexity index is 638. The van der Waals surface area contributed by atoms with Gasteiger partial charge in [0.1, 0.15) is 0 Å². The molecular formula is C16H22N2S. The molecule has 0 radical (unpaired) electrons. The Morgan fingerprint density at radius 2 is 2.11 bits per heavy atom. The van der Waals surface area contributed by atoms with Gasteiger partial charge in [0, 0.05) is 6.04 Å². The molecule has 2 unspecified atom stereocenters. The van der Waals surface area contributed by atoms with E-state index < -0.39 is 0 Å². The fraction of sp³-hybridized carbons (Fsp3) is 0.562. The zero-order valence-electron chi connectivity index (χ0n) is 11.8. The molecule has 1 N–H and O–H groups in total. The lowest BCUT2D eigenvalue weighted by molar-refractivity contribution is 0.235. The summed E-state index contributed by atoms with van der Waals surface area (Å²) in [5.74, 6) is 0.777. The molecule has 1 aromatic heterocycles. The number of hydrogen-bond acceptors (Lipinski definition) is 1. The highest BCUT2D eigenvalue weighted by Crippen LogP contribution is 2.38. The average molecular weight is 274 g/mol. The number of aryl methyl sites for hydroxylation is 1. The van der Waals surface area contributed by atoms with Crippen molar-refractivity contribution < 1.29 is 0 Å². The highest BCUT2D eigenvalue weighted by atomic mass is 32.1. The summed E-state index contributed by atoms with van der Waals surface area (Å²) in [6.45, 7) is 4.50. The molecule has 3 rings (SSSR count). The van der Waals surface area contributed by atoms with Crippen LogP contribution in [0.5, 0.6) is 0 Å². The predicted molar refractivity (Wildman–Crippen MR) is 83.1 cm³/mol. The molecule has 0 amide bonds. The van der Waals surface area contributed by atoms with Crippen LogP contribution < -0.4 is 0 Å². The lowest BCUT2D eigenvalue weighted by Crippen LogP contribution is -2.23. The maximum Gasteiger partial charge on any atom is 0.178 e. The summed E-state index contributed by atoms with van der Waals surface area (Å²) in [6.07, 6.45) is 6.59. The van der Waals surface area contributed by atoms with Crippen LogP contribution in [-0.4, -0.2) is 9.55 Å². The van der Waals surface area contributed by atoms with E-state index >= 15 is 0 Å². The van der Waals surface area contributed by atoms with Gasteiger partial charge in [-0.2, -0.15) is 0 Å². The molecule has 0 saturated heterocycles. The summed E-state index contributed by atoms with van der Waals surface area (Å²) in [6, 6.07) is 7.01. The molecule has 2 atom stereocenters. The maximum atomic E-state index is 5.60. The van der Waals surface area contributed by atoms with Crippen LogP contribution in [-0.2, 0) is 0 Å². The first-order valence-electron chi connectivity index (χ1n) is 7.42. The number of H-pyrrole nitrogens is 1. The third kappa shape index (κ3) is 2.14. The zero-order valence-corrected chi connectivity index (χ0v) is 12.6. The van der Waals surface area contributed by atoms with E-state index in [0.717, 1.165) is 10.7 Å². The number of aromatic amines is 1. The Balaban J connectivity index is 2.18. The van der Waals surface area contributed by atoms with E-state index in [4.69, 9.17) is 12.2 Å². The highest BCUT2D eigenvalue weighted by molar-refractivity contribution is 7.71. The first-order chi connectivity index (χ1) is 9.22. The predicted octanol–water partition coefficient (Wildman–Crippen LogP) is 5.15. The molecule has 1 aliphatic carbocycles. The second kappa shape index (κ2) is 5.12. The average Bonchev–Trinajstić information content (AvgIpc) is 2.76. The van der Waals surface area contributed by atoms with Gasteiger partial charge in [0.25, 0.3) is 0 Å². The van der Waals surface area contributed by atoms with Crippen molar-refractivity contribution in [3.63, 3.8) is 0 Å². The molecule has 0 spiro atoms.